The van der Waals surface area contributed by atoms with Crippen molar-refractivity contribution in [1.29, 1.82) is 0 Å². The number of hydrogen-bond donors (Lipinski definition) is 1. The Morgan fingerprint density at radius 3 is 2.03 bits per heavy atom. The molecule has 1 aromatic rings. The minimum Gasteiger partial charge on any atom is -0.493 e. The maximum Gasteiger partial charge on any atom is 0.159 e. The molecular formula is C24H43NO5. The van der Waals surface area contributed by atoms with Gasteiger partial charge in [-0.1, -0.05) is 6.92 Å². The minimum absolute atomic E-state index is 0.198. The van der Waals surface area contributed by atoms with Gasteiger partial charge in [-0.05, 0) is 71.7 Å². The number of rotatable bonds is 17. The maximum atomic E-state index is 6.25. The lowest BCUT2D eigenvalue weighted by atomic mass is 9.99. The van der Waals surface area contributed by atoms with E-state index in [4.69, 9.17) is 29.4 Å². The summed E-state index contributed by atoms with van der Waals surface area (Å²) < 4.78 is 29.3. The Kier molecular flexibility index (Phi) is 12.3. The Morgan fingerprint density at radius 2 is 1.47 bits per heavy atom. The van der Waals surface area contributed by atoms with E-state index in [-0.39, 0.29) is 17.5 Å². The van der Waals surface area contributed by atoms with E-state index in [1.807, 2.05) is 38.1 Å². The number of nitrogens with two attached hydrogens (primary N) is 1. The van der Waals surface area contributed by atoms with Gasteiger partial charge in [0.2, 0.25) is 0 Å². The highest BCUT2D eigenvalue weighted by atomic mass is 16.7. The molecular weight excluding hydrogens is 382 g/mol. The smallest absolute Gasteiger partial charge is 0.159 e. The second-order valence-electron chi connectivity index (χ2n) is 8.31. The van der Waals surface area contributed by atoms with Gasteiger partial charge < -0.3 is 29.4 Å². The van der Waals surface area contributed by atoms with E-state index < -0.39 is 0 Å². The van der Waals surface area contributed by atoms with E-state index in [2.05, 4.69) is 27.7 Å². The van der Waals surface area contributed by atoms with Gasteiger partial charge in [-0.3, -0.25) is 0 Å². The molecule has 0 aromatic heterocycles. The first-order chi connectivity index (χ1) is 14.2. The summed E-state index contributed by atoms with van der Waals surface area (Å²) >= 11 is 0. The zero-order valence-electron chi connectivity index (χ0n) is 19.9. The zero-order chi connectivity index (χ0) is 22.5. The Balaban J connectivity index is 2.33. The highest BCUT2D eigenvalue weighted by Gasteiger charge is 2.25. The van der Waals surface area contributed by atoms with Crippen LogP contribution >= 0.6 is 0 Å². The van der Waals surface area contributed by atoms with Crippen LogP contribution in [-0.4, -0.2) is 50.5 Å². The molecule has 6 nitrogen and oxygen atoms in total. The van der Waals surface area contributed by atoms with E-state index in [0.29, 0.717) is 33.0 Å². The summed E-state index contributed by atoms with van der Waals surface area (Å²) in [4.78, 5) is 0. The standard InChI is InChI=1S/C24H43NO5/c1-7-24(6,16-18-28-21-12-10-20(25)11-13-21)30-19-15-23(4,5)29-17-14-22(26-8-2)27-9-3/h10-13,22H,7-9,14-19,25H2,1-6H3. The monoisotopic (exact) mass is 425 g/mol. The number of nitrogen functional groups attached to an aromatic ring is 1. The summed E-state index contributed by atoms with van der Waals surface area (Å²) in [5.74, 6) is 0.828. The molecule has 0 saturated carbocycles. The zero-order valence-corrected chi connectivity index (χ0v) is 19.9. The van der Waals surface area contributed by atoms with Gasteiger partial charge in [0, 0.05) is 31.7 Å². The molecule has 1 unspecified atom stereocenters. The number of anilines is 1. The van der Waals surface area contributed by atoms with Crippen LogP contribution in [0.25, 0.3) is 0 Å². The molecule has 1 aromatic carbocycles. The van der Waals surface area contributed by atoms with Crippen LogP contribution in [0.2, 0.25) is 0 Å². The molecule has 1 atom stereocenters. The summed E-state index contributed by atoms with van der Waals surface area (Å²) in [6.07, 6.45) is 3.08. The van der Waals surface area contributed by atoms with Gasteiger partial charge in [-0.15, -0.1) is 0 Å². The summed E-state index contributed by atoms with van der Waals surface area (Å²) in [5, 5.41) is 0. The van der Waals surface area contributed by atoms with Crippen molar-refractivity contribution in [2.45, 2.75) is 84.7 Å². The Morgan fingerprint density at radius 1 is 0.833 bits per heavy atom. The molecule has 2 N–H and O–H groups in total. The topological polar surface area (TPSA) is 72.2 Å². The minimum atomic E-state index is -0.266. The van der Waals surface area contributed by atoms with E-state index in [1.54, 1.807) is 0 Å². The van der Waals surface area contributed by atoms with Gasteiger partial charge in [0.25, 0.3) is 0 Å². The number of hydrogen-bond acceptors (Lipinski definition) is 6. The molecule has 0 fully saturated rings. The third-order valence-electron chi connectivity index (χ3n) is 5.23. The van der Waals surface area contributed by atoms with Crippen LogP contribution in [0, 0.1) is 0 Å². The normalized spacial score (nSPS) is 14.1. The predicted molar refractivity (Wildman–Crippen MR) is 122 cm³/mol. The molecule has 0 heterocycles. The molecule has 0 bridgehead atoms. The quantitative estimate of drug-likeness (QED) is 0.273. The summed E-state index contributed by atoms with van der Waals surface area (Å²) in [6.45, 7) is 15.5. The molecule has 1 rings (SSSR count). The summed E-state index contributed by atoms with van der Waals surface area (Å²) in [7, 11) is 0. The van der Waals surface area contributed by atoms with Crippen molar-refractivity contribution in [3.63, 3.8) is 0 Å². The van der Waals surface area contributed by atoms with Crippen molar-refractivity contribution in [1.82, 2.24) is 0 Å². The first-order valence-corrected chi connectivity index (χ1v) is 11.2. The number of benzene rings is 1. The average Bonchev–Trinajstić information content (AvgIpc) is 2.69. The maximum absolute atomic E-state index is 6.25. The molecule has 0 amide bonds. The van der Waals surface area contributed by atoms with Gasteiger partial charge in [-0.25, -0.2) is 0 Å². The summed E-state index contributed by atoms with van der Waals surface area (Å²) in [6, 6.07) is 7.47. The fourth-order valence-electron chi connectivity index (χ4n) is 2.93. The Hall–Kier alpha value is -1.34. The van der Waals surface area contributed by atoms with Crippen LogP contribution in [0.3, 0.4) is 0 Å². The van der Waals surface area contributed by atoms with Crippen molar-refractivity contribution in [3.05, 3.63) is 24.3 Å². The van der Waals surface area contributed by atoms with Crippen LogP contribution in [0.5, 0.6) is 5.75 Å². The summed E-state index contributed by atoms with van der Waals surface area (Å²) in [5.41, 5.74) is 5.96. The van der Waals surface area contributed by atoms with Crippen LogP contribution in [0.15, 0.2) is 24.3 Å². The Bertz CT molecular complexity index is 557. The lowest BCUT2D eigenvalue weighted by Gasteiger charge is -2.32. The second-order valence-corrected chi connectivity index (χ2v) is 8.31. The number of ether oxygens (including phenoxy) is 5. The first kappa shape index (κ1) is 26.7. The highest BCUT2D eigenvalue weighted by molar-refractivity contribution is 5.41. The first-order valence-electron chi connectivity index (χ1n) is 11.2. The molecule has 0 aliphatic carbocycles. The van der Waals surface area contributed by atoms with E-state index in [0.717, 1.165) is 37.1 Å². The highest BCUT2D eigenvalue weighted by Crippen LogP contribution is 2.24. The van der Waals surface area contributed by atoms with E-state index >= 15 is 0 Å². The predicted octanol–water partition coefficient (Wildman–Crippen LogP) is 5.20. The van der Waals surface area contributed by atoms with Gasteiger partial charge in [-0.2, -0.15) is 0 Å². The molecule has 30 heavy (non-hydrogen) atoms. The molecule has 0 aliphatic rings. The molecule has 0 saturated heterocycles. The second kappa shape index (κ2) is 13.9. The average molecular weight is 426 g/mol. The molecule has 0 radical (unpaired) electrons. The van der Waals surface area contributed by atoms with Gasteiger partial charge in [0.15, 0.2) is 6.29 Å². The van der Waals surface area contributed by atoms with Crippen LogP contribution in [0.4, 0.5) is 5.69 Å². The van der Waals surface area contributed by atoms with Crippen molar-refractivity contribution in [3.8, 4) is 5.75 Å². The fourth-order valence-corrected chi connectivity index (χ4v) is 2.93. The molecule has 6 heteroatoms. The van der Waals surface area contributed by atoms with Gasteiger partial charge in [0.1, 0.15) is 5.75 Å². The molecule has 0 spiro atoms. The van der Waals surface area contributed by atoms with Crippen molar-refractivity contribution in [2.24, 2.45) is 0 Å². The fraction of sp³-hybridized carbons (Fsp3) is 0.750. The van der Waals surface area contributed by atoms with Crippen LogP contribution in [0.1, 0.15) is 67.2 Å². The van der Waals surface area contributed by atoms with Crippen LogP contribution in [-0.2, 0) is 18.9 Å². The van der Waals surface area contributed by atoms with Gasteiger partial charge in [0.05, 0.1) is 31.0 Å². The lowest BCUT2D eigenvalue weighted by Crippen LogP contribution is -2.34. The van der Waals surface area contributed by atoms with Crippen molar-refractivity contribution in [2.75, 3.05) is 38.8 Å². The molecule has 0 aliphatic heterocycles. The third-order valence-corrected chi connectivity index (χ3v) is 5.23. The SMILES string of the molecule is CCOC(CCOC(C)(C)CCOC(C)(CC)CCOc1ccc(N)cc1)OCC. The lowest BCUT2D eigenvalue weighted by molar-refractivity contribution is -0.156. The van der Waals surface area contributed by atoms with Crippen LogP contribution < -0.4 is 10.5 Å². The van der Waals surface area contributed by atoms with E-state index in [9.17, 15) is 0 Å². The third kappa shape index (κ3) is 11.2. The van der Waals surface area contributed by atoms with E-state index in [1.165, 1.54) is 0 Å². The van der Waals surface area contributed by atoms with Crippen molar-refractivity contribution >= 4 is 5.69 Å². The largest absolute Gasteiger partial charge is 0.493 e. The molecule has 174 valence electrons. The Labute approximate surface area is 183 Å². The van der Waals surface area contributed by atoms with Crippen molar-refractivity contribution < 1.29 is 23.7 Å². The van der Waals surface area contributed by atoms with Gasteiger partial charge >= 0.3 is 0 Å².